The van der Waals surface area contributed by atoms with Crippen LogP contribution in [0.2, 0.25) is 0 Å². The monoisotopic (exact) mass is 343 g/mol. The van der Waals surface area contributed by atoms with Gasteiger partial charge in [0.1, 0.15) is 0 Å². The molecule has 2 fully saturated rings. The van der Waals surface area contributed by atoms with Gasteiger partial charge in [0.25, 0.3) is 5.92 Å². The highest BCUT2D eigenvalue weighted by atomic mass is 32.1. The molecular weight excluding hydrogens is 320 g/mol. The van der Waals surface area contributed by atoms with Crippen molar-refractivity contribution in [2.45, 2.75) is 38.3 Å². The fourth-order valence-electron chi connectivity index (χ4n) is 3.15. The van der Waals surface area contributed by atoms with Crippen LogP contribution >= 0.6 is 11.3 Å². The zero-order valence-electron chi connectivity index (χ0n) is 13.4. The van der Waals surface area contributed by atoms with Gasteiger partial charge in [-0.3, -0.25) is 15.0 Å². The molecule has 0 radical (unpaired) electrons. The van der Waals surface area contributed by atoms with Crippen LogP contribution in [-0.4, -0.2) is 60.4 Å². The van der Waals surface area contributed by atoms with E-state index in [1.807, 2.05) is 11.3 Å². The molecule has 0 spiro atoms. The van der Waals surface area contributed by atoms with Gasteiger partial charge in [-0.05, 0) is 18.6 Å². The Kier molecular flexibility index (Phi) is 4.98. The lowest BCUT2D eigenvalue weighted by Gasteiger charge is -2.35. The largest absolute Gasteiger partial charge is 0.339 e. The van der Waals surface area contributed by atoms with Crippen LogP contribution < -0.4 is 5.32 Å². The molecule has 0 bridgehead atoms. The molecule has 23 heavy (non-hydrogen) atoms. The third-order valence-electron chi connectivity index (χ3n) is 4.54. The summed E-state index contributed by atoms with van der Waals surface area (Å²) in [6.07, 6.45) is 0.688. The third-order valence-corrected chi connectivity index (χ3v) is 5.75. The fraction of sp³-hybridized carbons (Fsp3) is 0.688. The number of hydrogen-bond acceptors (Lipinski definition) is 4. The predicted molar refractivity (Wildman–Crippen MR) is 86.9 cm³/mol. The van der Waals surface area contributed by atoms with Crippen LogP contribution in [0.15, 0.2) is 12.1 Å². The van der Waals surface area contributed by atoms with Crippen molar-refractivity contribution in [2.24, 2.45) is 0 Å². The van der Waals surface area contributed by atoms with Crippen LogP contribution in [0.5, 0.6) is 0 Å². The number of amides is 1. The second-order valence-electron chi connectivity index (χ2n) is 6.32. The number of nitrogens with zero attached hydrogens (tertiary/aromatic N) is 2. The van der Waals surface area contributed by atoms with E-state index < -0.39 is 12.0 Å². The highest BCUT2D eigenvalue weighted by Gasteiger charge is 2.43. The van der Waals surface area contributed by atoms with Crippen molar-refractivity contribution in [3.8, 4) is 0 Å². The number of thiophene rings is 1. The molecule has 1 amide bonds. The van der Waals surface area contributed by atoms with Crippen LogP contribution in [0.3, 0.4) is 0 Å². The van der Waals surface area contributed by atoms with Crippen LogP contribution in [0, 0.1) is 0 Å². The van der Waals surface area contributed by atoms with Gasteiger partial charge in [-0.2, -0.15) is 0 Å². The second kappa shape index (κ2) is 6.83. The number of hydrogen-bond donors (Lipinski definition) is 1. The van der Waals surface area contributed by atoms with Gasteiger partial charge in [-0.25, -0.2) is 8.78 Å². The van der Waals surface area contributed by atoms with E-state index in [-0.39, 0.29) is 18.9 Å². The third kappa shape index (κ3) is 4.08. The molecule has 0 saturated carbocycles. The fourth-order valence-corrected chi connectivity index (χ4v) is 4.15. The Morgan fingerprint density at radius 1 is 1.30 bits per heavy atom. The van der Waals surface area contributed by atoms with Crippen molar-refractivity contribution < 1.29 is 13.6 Å². The standard InChI is InChI=1S/C16H23F2N3OS/c1-2-12-3-4-13(23-12)10-20-5-7-21(8-6-20)15(22)14-9-16(17,18)11-19-14/h3-4,14,19H,2,5-11H2,1H3. The topological polar surface area (TPSA) is 35.6 Å². The Balaban J connectivity index is 1.47. The lowest BCUT2D eigenvalue weighted by Crippen LogP contribution is -2.52. The predicted octanol–water partition coefficient (Wildman–Crippen LogP) is 1.95. The molecule has 7 heteroatoms. The molecule has 1 unspecified atom stereocenters. The van der Waals surface area contributed by atoms with Crippen molar-refractivity contribution in [3.05, 3.63) is 21.9 Å². The quantitative estimate of drug-likeness (QED) is 0.908. The van der Waals surface area contributed by atoms with Crippen molar-refractivity contribution in [1.82, 2.24) is 15.1 Å². The Labute approximate surface area is 139 Å². The van der Waals surface area contributed by atoms with E-state index in [4.69, 9.17) is 0 Å². The number of carbonyl (C=O) groups excluding carboxylic acids is 1. The SMILES string of the molecule is CCc1ccc(CN2CCN(C(=O)C3CC(F)(F)CN3)CC2)s1. The molecule has 3 heterocycles. The first-order valence-corrected chi connectivity index (χ1v) is 8.98. The van der Waals surface area contributed by atoms with Gasteiger partial charge in [0, 0.05) is 48.9 Å². The number of halogens is 2. The smallest absolute Gasteiger partial charge is 0.262 e. The van der Waals surface area contributed by atoms with Gasteiger partial charge >= 0.3 is 0 Å². The summed E-state index contributed by atoms with van der Waals surface area (Å²) < 4.78 is 26.4. The van der Waals surface area contributed by atoms with Gasteiger partial charge in [0.2, 0.25) is 5.91 Å². The van der Waals surface area contributed by atoms with Crippen molar-refractivity contribution in [2.75, 3.05) is 32.7 Å². The van der Waals surface area contributed by atoms with Gasteiger partial charge in [-0.15, -0.1) is 11.3 Å². The molecule has 2 saturated heterocycles. The molecule has 0 aliphatic carbocycles. The molecule has 1 N–H and O–H groups in total. The average Bonchev–Trinajstić information content (AvgIpc) is 3.13. The summed E-state index contributed by atoms with van der Waals surface area (Å²) in [4.78, 5) is 19.1. The molecule has 4 nitrogen and oxygen atoms in total. The summed E-state index contributed by atoms with van der Waals surface area (Å²) in [5, 5.41) is 2.65. The summed E-state index contributed by atoms with van der Waals surface area (Å²) in [5.41, 5.74) is 0. The Bertz CT molecular complexity index is 555. The summed E-state index contributed by atoms with van der Waals surface area (Å²) in [7, 11) is 0. The maximum absolute atomic E-state index is 13.2. The molecule has 1 atom stereocenters. The molecule has 1 aromatic rings. The van der Waals surface area contributed by atoms with E-state index >= 15 is 0 Å². The lowest BCUT2D eigenvalue weighted by atomic mass is 10.1. The van der Waals surface area contributed by atoms with Gasteiger partial charge in [0.15, 0.2) is 0 Å². The normalized spacial score (nSPS) is 25.0. The number of rotatable bonds is 4. The van der Waals surface area contributed by atoms with Crippen LogP contribution in [0.1, 0.15) is 23.1 Å². The maximum atomic E-state index is 13.2. The van der Waals surface area contributed by atoms with E-state index in [9.17, 15) is 13.6 Å². The second-order valence-corrected chi connectivity index (χ2v) is 7.57. The van der Waals surface area contributed by atoms with Crippen molar-refractivity contribution >= 4 is 17.2 Å². The van der Waals surface area contributed by atoms with Crippen LogP contribution in [0.4, 0.5) is 8.78 Å². The highest BCUT2D eigenvalue weighted by Crippen LogP contribution is 2.26. The Morgan fingerprint density at radius 2 is 2.00 bits per heavy atom. The molecular formula is C16H23F2N3OS. The Hall–Kier alpha value is -1.05. The number of aryl methyl sites for hydroxylation is 1. The van der Waals surface area contributed by atoms with Gasteiger partial charge in [0.05, 0.1) is 12.6 Å². The van der Waals surface area contributed by atoms with E-state index in [1.165, 1.54) is 9.75 Å². The van der Waals surface area contributed by atoms with Crippen LogP contribution in [-0.2, 0) is 17.8 Å². The lowest BCUT2D eigenvalue weighted by molar-refractivity contribution is -0.135. The summed E-state index contributed by atoms with van der Waals surface area (Å²) >= 11 is 1.84. The highest BCUT2D eigenvalue weighted by molar-refractivity contribution is 7.11. The van der Waals surface area contributed by atoms with E-state index in [0.29, 0.717) is 13.1 Å². The first kappa shape index (κ1) is 16.8. The zero-order chi connectivity index (χ0) is 16.4. The molecule has 3 rings (SSSR count). The number of piperazine rings is 1. The zero-order valence-corrected chi connectivity index (χ0v) is 14.2. The van der Waals surface area contributed by atoms with Gasteiger partial charge in [-0.1, -0.05) is 6.92 Å². The molecule has 2 aliphatic heterocycles. The first-order valence-electron chi connectivity index (χ1n) is 8.17. The van der Waals surface area contributed by atoms with Crippen molar-refractivity contribution in [3.63, 3.8) is 0 Å². The minimum atomic E-state index is -2.75. The number of carbonyl (C=O) groups is 1. The molecule has 128 valence electrons. The van der Waals surface area contributed by atoms with E-state index in [1.54, 1.807) is 4.90 Å². The molecule has 0 aromatic carbocycles. The first-order chi connectivity index (χ1) is 11.0. The minimum Gasteiger partial charge on any atom is -0.339 e. The van der Waals surface area contributed by atoms with E-state index in [0.717, 1.165) is 26.1 Å². The minimum absolute atomic E-state index is 0.175. The molecule has 1 aromatic heterocycles. The average molecular weight is 343 g/mol. The summed E-state index contributed by atoms with van der Waals surface area (Å²) in [6.45, 7) is 5.51. The summed E-state index contributed by atoms with van der Waals surface area (Å²) in [5.74, 6) is -2.93. The Morgan fingerprint density at radius 3 is 2.57 bits per heavy atom. The maximum Gasteiger partial charge on any atom is 0.262 e. The van der Waals surface area contributed by atoms with Crippen molar-refractivity contribution in [1.29, 1.82) is 0 Å². The van der Waals surface area contributed by atoms with E-state index in [2.05, 4.69) is 29.3 Å². The number of nitrogens with one attached hydrogen (secondary N) is 1. The van der Waals surface area contributed by atoms with Gasteiger partial charge < -0.3 is 4.90 Å². The summed E-state index contributed by atoms with van der Waals surface area (Å²) in [6, 6.07) is 3.62. The molecule has 2 aliphatic rings. The van der Waals surface area contributed by atoms with Crippen LogP contribution in [0.25, 0.3) is 0 Å². The number of alkyl halides is 2.